The van der Waals surface area contributed by atoms with Crippen molar-refractivity contribution in [3.63, 3.8) is 0 Å². The maximum Gasteiger partial charge on any atom is 0.224 e. The standard InChI is InChI=1S/C11H12BrNO/c12-9-5-6-10-8(7-9)3-1-2-4-11(14)13-10/h5-7H,1-4H2,(H,13,14). The van der Waals surface area contributed by atoms with E-state index in [9.17, 15) is 4.79 Å². The number of amides is 1. The molecule has 2 nitrogen and oxygen atoms in total. The summed E-state index contributed by atoms with van der Waals surface area (Å²) >= 11 is 3.44. The van der Waals surface area contributed by atoms with Crippen molar-refractivity contribution in [1.82, 2.24) is 0 Å². The van der Waals surface area contributed by atoms with Crippen molar-refractivity contribution in [3.05, 3.63) is 28.2 Å². The Balaban J connectivity index is 2.34. The lowest BCUT2D eigenvalue weighted by atomic mass is 10.0. The van der Waals surface area contributed by atoms with Crippen LogP contribution in [-0.4, -0.2) is 5.91 Å². The number of hydrogen-bond acceptors (Lipinski definition) is 1. The largest absolute Gasteiger partial charge is 0.326 e. The fourth-order valence-electron chi connectivity index (χ4n) is 1.70. The Labute approximate surface area is 91.8 Å². The van der Waals surface area contributed by atoms with Gasteiger partial charge in [0.1, 0.15) is 0 Å². The van der Waals surface area contributed by atoms with E-state index in [2.05, 4.69) is 27.3 Å². The van der Waals surface area contributed by atoms with Gasteiger partial charge < -0.3 is 5.32 Å². The molecule has 0 bridgehead atoms. The monoisotopic (exact) mass is 253 g/mol. The quantitative estimate of drug-likeness (QED) is 0.757. The summed E-state index contributed by atoms with van der Waals surface area (Å²) in [6, 6.07) is 6.00. The van der Waals surface area contributed by atoms with Gasteiger partial charge in [-0.15, -0.1) is 0 Å². The molecule has 0 radical (unpaired) electrons. The average Bonchev–Trinajstić information content (AvgIpc) is 2.13. The van der Waals surface area contributed by atoms with E-state index in [0.717, 1.165) is 29.4 Å². The summed E-state index contributed by atoms with van der Waals surface area (Å²) in [5.74, 6) is 0.133. The lowest BCUT2D eigenvalue weighted by molar-refractivity contribution is -0.116. The van der Waals surface area contributed by atoms with Gasteiger partial charge in [0, 0.05) is 16.6 Å². The summed E-state index contributed by atoms with van der Waals surface area (Å²) in [6.07, 6.45) is 3.78. The zero-order valence-electron chi connectivity index (χ0n) is 7.85. The van der Waals surface area contributed by atoms with Crippen LogP contribution in [0.4, 0.5) is 5.69 Å². The maximum atomic E-state index is 11.4. The predicted molar refractivity (Wildman–Crippen MR) is 60.3 cm³/mol. The predicted octanol–water partition coefficient (Wildman–Crippen LogP) is 3.11. The summed E-state index contributed by atoms with van der Waals surface area (Å²) in [5, 5.41) is 2.93. The smallest absolute Gasteiger partial charge is 0.224 e. The maximum absolute atomic E-state index is 11.4. The molecule has 0 spiro atoms. The first-order valence-electron chi connectivity index (χ1n) is 4.84. The first kappa shape index (κ1) is 9.71. The SMILES string of the molecule is O=C1CCCCc2cc(Br)ccc2N1. The molecule has 0 aliphatic carbocycles. The van der Waals surface area contributed by atoms with Crippen LogP contribution in [0.1, 0.15) is 24.8 Å². The third-order valence-electron chi connectivity index (χ3n) is 2.44. The van der Waals surface area contributed by atoms with Gasteiger partial charge in [0.15, 0.2) is 0 Å². The molecule has 0 aromatic heterocycles. The van der Waals surface area contributed by atoms with Crippen LogP contribution in [0.3, 0.4) is 0 Å². The molecule has 3 heteroatoms. The number of anilines is 1. The van der Waals surface area contributed by atoms with Gasteiger partial charge in [0.05, 0.1) is 0 Å². The van der Waals surface area contributed by atoms with E-state index in [1.165, 1.54) is 5.56 Å². The number of carbonyl (C=O) groups is 1. The van der Waals surface area contributed by atoms with E-state index >= 15 is 0 Å². The zero-order chi connectivity index (χ0) is 9.97. The molecule has 0 atom stereocenters. The normalized spacial score (nSPS) is 16.5. The highest BCUT2D eigenvalue weighted by Gasteiger charge is 2.10. The van der Waals surface area contributed by atoms with Gasteiger partial charge in [-0.05, 0) is 43.0 Å². The number of fused-ring (bicyclic) bond motifs is 1. The second kappa shape index (κ2) is 4.13. The van der Waals surface area contributed by atoms with Gasteiger partial charge in [0.2, 0.25) is 5.91 Å². The lowest BCUT2D eigenvalue weighted by Crippen LogP contribution is -2.14. The number of carbonyl (C=O) groups excluding carboxylic acids is 1. The van der Waals surface area contributed by atoms with E-state index < -0.39 is 0 Å². The second-order valence-electron chi connectivity index (χ2n) is 3.56. The van der Waals surface area contributed by atoms with Gasteiger partial charge in [-0.1, -0.05) is 15.9 Å². The Bertz CT molecular complexity index is 362. The first-order chi connectivity index (χ1) is 6.75. The molecule has 14 heavy (non-hydrogen) atoms. The van der Waals surface area contributed by atoms with Crippen molar-refractivity contribution in [3.8, 4) is 0 Å². The number of rotatable bonds is 0. The Kier molecular flexibility index (Phi) is 2.87. The van der Waals surface area contributed by atoms with Gasteiger partial charge in [-0.3, -0.25) is 4.79 Å². The van der Waals surface area contributed by atoms with Crippen LogP contribution >= 0.6 is 15.9 Å². The van der Waals surface area contributed by atoms with Crippen LogP contribution in [0.5, 0.6) is 0 Å². The van der Waals surface area contributed by atoms with Crippen molar-refractivity contribution < 1.29 is 4.79 Å². The van der Waals surface area contributed by atoms with Crippen LogP contribution in [0.2, 0.25) is 0 Å². The Morgan fingerprint density at radius 2 is 2.00 bits per heavy atom. The van der Waals surface area contributed by atoms with Gasteiger partial charge in [-0.25, -0.2) is 0 Å². The molecule has 0 saturated heterocycles. The number of halogens is 1. The van der Waals surface area contributed by atoms with E-state index in [-0.39, 0.29) is 5.91 Å². The summed E-state index contributed by atoms with van der Waals surface area (Å²) in [5.41, 5.74) is 2.20. The number of nitrogens with one attached hydrogen (secondary N) is 1. The molecule has 74 valence electrons. The molecule has 0 fully saturated rings. The van der Waals surface area contributed by atoms with Crippen LogP contribution in [0, 0.1) is 0 Å². The first-order valence-corrected chi connectivity index (χ1v) is 5.63. The highest BCUT2D eigenvalue weighted by atomic mass is 79.9. The summed E-state index contributed by atoms with van der Waals surface area (Å²) in [7, 11) is 0. The summed E-state index contributed by atoms with van der Waals surface area (Å²) < 4.78 is 1.08. The fourth-order valence-corrected chi connectivity index (χ4v) is 2.11. The van der Waals surface area contributed by atoms with Gasteiger partial charge >= 0.3 is 0 Å². The van der Waals surface area contributed by atoms with Crippen LogP contribution < -0.4 is 5.32 Å². The van der Waals surface area contributed by atoms with Gasteiger partial charge in [0.25, 0.3) is 0 Å². The molecular weight excluding hydrogens is 242 g/mol. The van der Waals surface area contributed by atoms with Crippen molar-refractivity contribution in [2.75, 3.05) is 5.32 Å². The highest BCUT2D eigenvalue weighted by molar-refractivity contribution is 9.10. The van der Waals surface area contributed by atoms with E-state index in [1.54, 1.807) is 0 Å². The molecule has 1 heterocycles. The van der Waals surface area contributed by atoms with Crippen molar-refractivity contribution >= 4 is 27.5 Å². The minimum absolute atomic E-state index is 0.133. The third kappa shape index (κ3) is 2.15. The molecular formula is C11H12BrNO. The van der Waals surface area contributed by atoms with Crippen LogP contribution in [0.25, 0.3) is 0 Å². The molecule has 1 aromatic rings. The minimum atomic E-state index is 0.133. The summed E-state index contributed by atoms with van der Waals surface area (Å²) in [4.78, 5) is 11.4. The lowest BCUT2D eigenvalue weighted by Gasteiger charge is -2.14. The number of aryl methyl sites for hydroxylation is 1. The minimum Gasteiger partial charge on any atom is -0.326 e. The van der Waals surface area contributed by atoms with E-state index in [0.29, 0.717) is 6.42 Å². The van der Waals surface area contributed by atoms with E-state index in [1.807, 2.05) is 12.1 Å². The highest BCUT2D eigenvalue weighted by Crippen LogP contribution is 2.24. The molecule has 1 N–H and O–H groups in total. The fraction of sp³-hybridized carbons (Fsp3) is 0.364. The molecule has 1 aliphatic heterocycles. The topological polar surface area (TPSA) is 29.1 Å². The molecule has 0 unspecified atom stereocenters. The third-order valence-corrected chi connectivity index (χ3v) is 2.93. The molecule has 1 aromatic carbocycles. The molecule has 2 rings (SSSR count). The number of benzene rings is 1. The Morgan fingerprint density at radius 1 is 1.21 bits per heavy atom. The zero-order valence-corrected chi connectivity index (χ0v) is 9.43. The number of hydrogen-bond donors (Lipinski definition) is 1. The van der Waals surface area contributed by atoms with Crippen molar-refractivity contribution in [2.24, 2.45) is 0 Å². The van der Waals surface area contributed by atoms with Crippen LogP contribution in [-0.2, 0) is 11.2 Å². The summed E-state index contributed by atoms with van der Waals surface area (Å²) in [6.45, 7) is 0. The molecule has 0 saturated carbocycles. The molecule has 1 aliphatic rings. The Morgan fingerprint density at radius 3 is 2.86 bits per heavy atom. The molecule has 1 amide bonds. The van der Waals surface area contributed by atoms with Crippen LogP contribution in [0.15, 0.2) is 22.7 Å². The second-order valence-corrected chi connectivity index (χ2v) is 4.47. The van der Waals surface area contributed by atoms with Crippen molar-refractivity contribution in [1.29, 1.82) is 0 Å². The van der Waals surface area contributed by atoms with Crippen molar-refractivity contribution in [2.45, 2.75) is 25.7 Å². The average molecular weight is 254 g/mol. The van der Waals surface area contributed by atoms with Gasteiger partial charge in [-0.2, -0.15) is 0 Å². The Hall–Kier alpha value is -0.830. The van der Waals surface area contributed by atoms with E-state index in [4.69, 9.17) is 0 Å².